The smallest absolute Gasteiger partial charge is 0.0934 e. The maximum absolute atomic E-state index is 4.79. The first kappa shape index (κ1) is 13.3. The molecule has 2 heteroatoms. The van der Waals surface area contributed by atoms with E-state index in [-0.39, 0.29) is 0 Å². The topological polar surface area (TPSA) is 12.9 Å². The Hall–Kier alpha value is -1.15. The Morgan fingerprint density at radius 1 is 1.22 bits per heavy atom. The molecule has 0 N–H and O–H groups in total. The van der Waals surface area contributed by atoms with Gasteiger partial charge in [0.15, 0.2) is 0 Å². The molecule has 0 amide bonds. The number of rotatable bonds is 6. The molecule has 0 saturated carbocycles. The molecule has 1 heterocycles. The number of thiazole rings is 1. The zero-order valence-electron chi connectivity index (χ0n) is 11.2. The predicted molar refractivity (Wildman–Crippen MR) is 81.0 cm³/mol. The van der Waals surface area contributed by atoms with Crippen molar-refractivity contribution in [3.63, 3.8) is 0 Å². The highest BCUT2D eigenvalue weighted by molar-refractivity contribution is 7.13. The molecule has 0 spiro atoms. The Bertz CT molecular complexity index is 479. The number of aromatic nitrogens is 1. The van der Waals surface area contributed by atoms with Crippen molar-refractivity contribution in [3.8, 4) is 0 Å². The van der Waals surface area contributed by atoms with E-state index in [4.69, 9.17) is 4.98 Å². The molecule has 96 valence electrons. The first-order valence-electron chi connectivity index (χ1n) is 6.77. The van der Waals surface area contributed by atoms with Gasteiger partial charge in [-0.25, -0.2) is 4.98 Å². The number of allylic oxidation sites excluding steroid dienone is 4. The number of hydrogen-bond acceptors (Lipinski definition) is 2. The molecule has 1 nitrogen and oxygen atoms in total. The highest BCUT2D eigenvalue weighted by Gasteiger charge is 2.19. The molecule has 18 heavy (non-hydrogen) atoms. The van der Waals surface area contributed by atoms with Crippen LogP contribution in [-0.2, 0) is 12.8 Å². The van der Waals surface area contributed by atoms with Crippen LogP contribution in [0.4, 0.5) is 0 Å². The molecule has 0 aliphatic heterocycles. The fourth-order valence-corrected chi connectivity index (χ4v) is 3.61. The van der Waals surface area contributed by atoms with Gasteiger partial charge in [-0.2, -0.15) is 0 Å². The van der Waals surface area contributed by atoms with E-state index >= 15 is 0 Å². The van der Waals surface area contributed by atoms with Crippen molar-refractivity contribution in [3.05, 3.63) is 46.5 Å². The average molecular weight is 259 g/mol. The summed E-state index contributed by atoms with van der Waals surface area (Å²) in [4.78, 5) is 6.12. The monoisotopic (exact) mass is 259 g/mol. The Kier molecular flexibility index (Phi) is 4.54. The van der Waals surface area contributed by atoms with E-state index in [1.165, 1.54) is 46.0 Å². The van der Waals surface area contributed by atoms with E-state index in [1.807, 2.05) is 23.5 Å². The minimum Gasteiger partial charge on any atom is -0.246 e. The van der Waals surface area contributed by atoms with Crippen molar-refractivity contribution in [1.29, 1.82) is 0 Å². The lowest BCUT2D eigenvalue weighted by Crippen LogP contribution is -2.00. The van der Waals surface area contributed by atoms with Gasteiger partial charge in [0.2, 0.25) is 0 Å². The summed E-state index contributed by atoms with van der Waals surface area (Å²) >= 11 is 1.85. The second-order valence-corrected chi connectivity index (χ2v) is 5.77. The van der Waals surface area contributed by atoms with Crippen LogP contribution in [0.1, 0.15) is 48.2 Å². The van der Waals surface area contributed by atoms with Gasteiger partial charge in [-0.05, 0) is 36.8 Å². The molecule has 0 atom stereocenters. The number of nitrogens with zero attached hydrogens (tertiary/aromatic N) is 1. The maximum Gasteiger partial charge on any atom is 0.0934 e. The molecule has 0 fully saturated rings. The molecule has 1 aromatic rings. The predicted octanol–water partition coefficient (Wildman–Crippen LogP) is 4.95. The molecular weight excluding hydrogens is 238 g/mol. The van der Waals surface area contributed by atoms with Crippen molar-refractivity contribution in [2.24, 2.45) is 0 Å². The van der Waals surface area contributed by atoms with E-state index in [0.717, 1.165) is 19.3 Å². The van der Waals surface area contributed by atoms with Crippen molar-refractivity contribution in [1.82, 2.24) is 4.98 Å². The first-order chi connectivity index (χ1) is 8.80. The molecule has 1 aromatic heterocycles. The molecule has 0 unspecified atom stereocenters. The summed E-state index contributed by atoms with van der Waals surface area (Å²) in [5.41, 5.74) is 3.85. The first-order valence-corrected chi connectivity index (χ1v) is 7.58. The van der Waals surface area contributed by atoms with E-state index in [1.54, 1.807) is 0 Å². The maximum atomic E-state index is 4.79. The van der Waals surface area contributed by atoms with E-state index in [9.17, 15) is 0 Å². The number of unbranched alkanes of at least 4 members (excludes halogenated alkanes) is 2. The van der Waals surface area contributed by atoms with Crippen molar-refractivity contribution < 1.29 is 0 Å². The van der Waals surface area contributed by atoms with Gasteiger partial charge in [-0.1, -0.05) is 45.1 Å². The van der Waals surface area contributed by atoms with Gasteiger partial charge in [0.05, 0.1) is 15.6 Å². The molecule has 1 aliphatic carbocycles. The van der Waals surface area contributed by atoms with Crippen LogP contribution >= 0.6 is 11.3 Å². The van der Waals surface area contributed by atoms with Crippen LogP contribution in [0.2, 0.25) is 0 Å². The summed E-state index contributed by atoms with van der Waals surface area (Å²) in [7, 11) is 0. The molecule has 2 rings (SSSR count). The van der Waals surface area contributed by atoms with Crippen LogP contribution in [0.15, 0.2) is 30.9 Å². The van der Waals surface area contributed by atoms with Gasteiger partial charge in [-0.15, -0.1) is 11.3 Å². The third kappa shape index (κ3) is 2.64. The van der Waals surface area contributed by atoms with Crippen LogP contribution in [-0.4, -0.2) is 4.98 Å². The van der Waals surface area contributed by atoms with Gasteiger partial charge >= 0.3 is 0 Å². The van der Waals surface area contributed by atoms with E-state index < -0.39 is 0 Å². The van der Waals surface area contributed by atoms with Crippen LogP contribution in [0.5, 0.6) is 0 Å². The van der Waals surface area contributed by atoms with Gasteiger partial charge in [0, 0.05) is 0 Å². The highest BCUT2D eigenvalue weighted by Crippen LogP contribution is 2.36. The van der Waals surface area contributed by atoms with Gasteiger partial charge in [0.1, 0.15) is 0 Å². The van der Waals surface area contributed by atoms with Gasteiger partial charge < -0.3 is 0 Å². The van der Waals surface area contributed by atoms with Crippen LogP contribution in [0.25, 0.3) is 5.57 Å². The molecule has 1 aliphatic rings. The lowest BCUT2D eigenvalue weighted by molar-refractivity contribution is 0.712. The minimum atomic E-state index is 1.05. The molecule has 0 radical (unpaired) electrons. The Morgan fingerprint density at radius 2 is 2.06 bits per heavy atom. The van der Waals surface area contributed by atoms with E-state index in [2.05, 4.69) is 20.1 Å². The van der Waals surface area contributed by atoms with Crippen molar-refractivity contribution in [2.45, 2.75) is 45.4 Å². The Labute approximate surface area is 114 Å². The summed E-state index contributed by atoms with van der Waals surface area (Å²) in [6.07, 6.45) is 11.0. The molecule has 0 bridgehead atoms. The van der Waals surface area contributed by atoms with Crippen LogP contribution in [0, 0.1) is 0 Å². The van der Waals surface area contributed by atoms with Crippen LogP contribution < -0.4 is 0 Å². The third-order valence-corrected chi connectivity index (χ3v) is 4.60. The molecular formula is C16H21NS. The fraction of sp³-hybridized carbons (Fsp3) is 0.438. The number of hydrogen-bond donors (Lipinski definition) is 0. The number of fused-ring (bicyclic) bond motifs is 1. The SMILES string of the molecule is C=CC1=C(C=C)c2sc(CCCCC)nc2CC1. The summed E-state index contributed by atoms with van der Waals surface area (Å²) in [6, 6.07) is 0. The van der Waals surface area contributed by atoms with Gasteiger partial charge in [-0.3, -0.25) is 0 Å². The standard InChI is InChI=1S/C16H21NS/c1-4-7-8-9-15-17-14-11-10-12(5-2)13(6-3)16(14)18-15/h5-6H,2-4,7-11H2,1H3. The van der Waals surface area contributed by atoms with Crippen molar-refractivity contribution in [2.75, 3.05) is 0 Å². The van der Waals surface area contributed by atoms with Gasteiger partial charge in [0.25, 0.3) is 0 Å². The average Bonchev–Trinajstić information content (AvgIpc) is 2.80. The second-order valence-electron chi connectivity index (χ2n) is 4.69. The summed E-state index contributed by atoms with van der Waals surface area (Å²) < 4.78 is 0. The lowest BCUT2D eigenvalue weighted by atomic mass is 9.94. The quantitative estimate of drug-likeness (QED) is 0.659. The highest BCUT2D eigenvalue weighted by atomic mass is 32.1. The largest absolute Gasteiger partial charge is 0.246 e. The van der Waals surface area contributed by atoms with E-state index in [0.29, 0.717) is 0 Å². The lowest BCUT2D eigenvalue weighted by Gasteiger charge is -2.14. The van der Waals surface area contributed by atoms with Crippen LogP contribution in [0.3, 0.4) is 0 Å². The zero-order chi connectivity index (χ0) is 13.0. The molecule has 0 aromatic carbocycles. The fourth-order valence-electron chi connectivity index (χ4n) is 2.38. The Balaban J connectivity index is 2.23. The summed E-state index contributed by atoms with van der Waals surface area (Å²) in [5, 5.41) is 1.29. The Morgan fingerprint density at radius 3 is 2.72 bits per heavy atom. The second kappa shape index (κ2) is 6.14. The minimum absolute atomic E-state index is 1.05. The zero-order valence-corrected chi connectivity index (χ0v) is 12.0. The summed E-state index contributed by atoms with van der Waals surface area (Å²) in [6.45, 7) is 10.1. The summed E-state index contributed by atoms with van der Waals surface area (Å²) in [5.74, 6) is 0. The number of aryl methyl sites for hydroxylation is 2. The van der Waals surface area contributed by atoms with Crippen molar-refractivity contribution >= 4 is 16.9 Å². The third-order valence-electron chi connectivity index (χ3n) is 3.41. The normalized spacial score (nSPS) is 14.5. The molecule has 0 saturated heterocycles.